The Labute approximate surface area is 118 Å². The number of carbonyl (C=O) groups excluding carboxylic acids is 2. The van der Waals surface area contributed by atoms with Gasteiger partial charge < -0.3 is 14.8 Å². The van der Waals surface area contributed by atoms with E-state index in [0.29, 0.717) is 13.0 Å². The van der Waals surface area contributed by atoms with Gasteiger partial charge in [-0.3, -0.25) is 4.79 Å². The molecule has 1 aromatic rings. The van der Waals surface area contributed by atoms with Crippen molar-refractivity contribution in [2.24, 2.45) is 0 Å². The maximum absolute atomic E-state index is 11.7. The van der Waals surface area contributed by atoms with Crippen LogP contribution in [0.1, 0.15) is 31.4 Å². The molecule has 1 amide bonds. The first-order chi connectivity index (χ1) is 9.66. The predicted molar refractivity (Wildman–Crippen MR) is 72.9 cm³/mol. The van der Waals surface area contributed by atoms with Crippen LogP contribution in [0.15, 0.2) is 30.3 Å². The van der Waals surface area contributed by atoms with Crippen LogP contribution in [-0.4, -0.2) is 31.2 Å². The molecule has 0 spiro atoms. The second-order valence-electron chi connectivity index (χ2n) is 4.81. The second kappa shape index (κ2) is 7.05. The SMILES string of the molecule is C[C@H](NC(=O)COC(=O)[C@@H]1CCCO1)c1ccccc1. The Bertz CT molecular complexity index is 454. The molecule has 0 saturated carbocycles. The molecule has 5 heteroatoms. The average molecular weight is 277 g/mol. The number of carbonyl (C=O) groups is 2. The van der Waals surface area contributed by atoms with Crippen molar-refractivity contribution >= 4 is 11.9 Å². The van der Waals surface area contributed by atoms with Gasteiger partial charge in [0.15, 0.2) is 12.7 Å². The van der Waals surface area contributed by atoms with E-state index in [1.807, 2.05) is 37.3 Å². The number of esters is 1. The summed E-state index contributed by atoms with van der Waals surface area (Å²) in [5.74, 6) is -0.766. The van der Waals surface area contributed by atoms with Gasteiger partial charge in [-0.05, 0) is 25.3 Å². The van der Waals surface area contributed by atoms with E-state index in [2.05, 4.69) is 5.32 Å². The van der Waals surface area contributed by atoms with Crippen LogP contribution in [0.3, 0.4) is 0 Å². The number of ether oxygens (including phenoxy) is 2. The lowest BCUT2D eigenvalue weighted by atomic mass is 10.1. The first-order valence-electron chi connectivity index (χ1n) is 6.79. The second-order valence-corrected chi connectivity index (χ2v) is 4.81. The number of rotatable bonds is 5. The first-order valence-corrected chi connectivity index (χ1v) is 6.79. The van der Waals surface area contributed by atoms with Gasteiger partial charge >= 0.3 is 5.97 Å². The third-order valence-electron chi connectivity index (χ3n) is 3.22. The molecule has 1 heterocycles. The zero-order chi connectivity index (χ0) is 14.4. The summed E-state index contributed by atoms with van der Waals surface area (Å²) >= 11 is 0. The lowest BCUT2D eigenvalue weighted by Crippen LogP contribution is -2.33. The minimum absolute atomic E-state index is 0.120. The van der Waals surface area contributed by atoms with Crippen LogP contribution in [0.25, 0.3) is 0 Å². The van der Waals surface area contributed by atoms with Crippen LogP contribution in [0.2, 0.25) is 0 Å². The molecule has 1 aliphatic rings. The fraction of sp³-hybridized carbons (Fsp3) is 0.467. The van der Waals surface area contributed by atoms with E-state index in [1.54, 1.807) is 0 Å². The Morgan fingerprint density at radius 1 is 1.40 bits per heavy atom. The third-order valence-corrected chi connectivity index (χ3v) is 3.22. The van der Waals surface area contributed by atoms with Crippen molar-refractivity contribution < 1.29 is 19.1 Å². The highest BCUT2D eigenvalue weighted by molar-refractivity contribution is 5.82. The van der Waals surface area contributed by atoms with Crippen LogP contribution in [0, 0.1) is 0 Å². The van der Waals surface area contributed by atoms with Crippen molar-refractivity contribution in [2.45, 2.75) is 31.9 Å². The number of hydrogen-bond donors (Lipinski definition) is 1. The van der Waals surface area contributed by atoms with Gasteiger partial charge in [-0.15, -0.1) is 0 Å². The summed E-state index contributed by atoms with van der Waals surface area (Å²) in [5, 5.41) is 2.79. The zero-order valence-corrected chi connectivity index (χ0v) is 11.5. The van der Waals surface area contributed by atoms with Crippen molar-refractivity contribution in [1.29, 1.82) is 0 Å². The highest BCUT2D eigenvalue weighted by Gasteiger charge is 2.25. The van der Waals surface area contributed by atoms with Gasteiger partial charge in [0.1, 0.15) is 0 Å². The van der Waals surface area contributed by atoms with Crippen LogP contribution in [-0.2, 0) is 19.1 Å². The Morgan fingerprint density at radius 2 is 2.15 bits per heavy atom. The summed E-state index contributed by atoms with van der Waals surface area (Å²) in [7, 11) is 0. The van der Waals surface area contributed by atoms with Crippen molar-refractivity contribution in [2.75, 3.05) is 13.2 Å². The van der Waals surface area contributed by atoms with Crippen molar-refractivity contribution in [1.82, 2.24) is 5.32 Å². The van der Waals surface area contributed by atoms with Crippen molar-refractivity contribution in [3.63, 3.8) is 0 Å². The lowest BCUT2D eigenvalue weighted by Gasteiger charge is -2.15. The van der Waals surface area contributed by atoms with E-state index in [0.717, 1.165) is 12.0 Å². The summed E-state index contributed by atoms with van der Waals surface area (Å²) in [5.41, 5.74) is 1.01. The van der Waals surface area contributed by atoms with E-state index in [9.17, 15) is 9.59 Å². The highest BCUT2D eigenvalue weighted by Crippen LogP contribution is 2.13. The monoisotopic (exact) mass is 277 g/mol. The molecule has 0 bridgehead atoms. The molecular formula is C15H19NO4. The van der Waals surface area contributed by atoms with E-state index in [1.165, 1.54) is 0 Å². The van der Waals surface area contributed by atoms with Gasteiger partial charge in [-0.2, -0.15) is 0 Å². The van der Waals surface area contributed by atoms with Crippen molar-refractivity contribution in [3.05, 3.63) is 35.9 Å². The molecule has 1 saturated heterocycles. The maximum atomic E-state index is 11.7. The molecule has 2 atom stereocenters. The molecule has 5 nitrogen and oxygen atoms in total. The van der Waals surface area contributed by atoms with Gasteiger partial charge in [-0.25, -0.2) is 4.79 Å². The summed E-state index contributed by atoms with van der Waals surface area (Å²) in [4.78, 5) is 23.3. The van der Waals surface area contributed by atoms with E-state index >= 15 is 0 Å². The summed E-state index contributed by atoms with van der Waals surface area (Å²) in [6.07, 6.45) is 1.02. The Balaban J connectivity index is 1.73. The predicted octanol–water partition coefficient (Wildman–Crippen LogP) is 1.59. The summed E-state index contributed by atoms with van der Waals surface area (Å²) in [6.45, 7) is 2.20. The molecule has 20 heavy (non-hydrogen) atoms. The fourth-order valence-electron chi connectivity index (χ4n) is 2.10. The van der Waals surface area contributed by atoms with Gasteiger partial charge in [-0.1, -0.05) is 30.3 Å². The number of amides is 1. The molecule has 1 aliphatic heterocycles. The van der Waals surface area contributed by atoms with Crippen LogP contribution in [0.4, 0.5) is 0 Å². The van der Waals surface area contributed by atoms with Crippen LogP contribution in [0.5, 0.6) is 0 Å². The quantitative estimate of drug-likeness (QED) is 0.830. The number of nitrogens with one attached hydrogen (secondary N) is 1. The Kier molecular flexibility index (Phi) is 5.12. The number of hydrogen-bond acceptors (Lipinski definition) is 4. The van der Waals surface area contributed by atoms with Gasteiger partial charge in [0.2, 0.25) is 0 Å². The molecule has 0 radical (unpaired) electrons. The van der Waals surface area contributed by atoms with Gasteiger partial charge in [0.25, 0.3) is 5.91 Å². The maximum Gasteiger partial charge on any atom is 0.335 e. The normalized spacial score (nSPS) is 19.4. The molecular weight excluding hydrogens is 258 g/mol. The van der Waals surface area contributed by atoms with Gasteiger partial charge in [0.05, 0.1) is 6.04 Å². The molecule has 1 N–H and O–H groups in total. The lowest BCUT2D eigenvalue weighted by molar-refractivity contribution is -0.157. The fourth-order valence-corrected chi connectivity index (χ4v) is 2.10. The van der Waals surface area contributed by atoms with Crippen LogP contribution < -0.4 is 5.32 Å². The van der Waals surface area contributed by atoms with E-state index < -0.39 is 12.1 Å². The third kappa shape index (κ3) is 4.06. The first kappa shape index (κ1) is 14.5. The van der Waals surface area contributed by atoms with E-state index in [4.69, 9.17) is 9.47 Å². The minimum Gasteiger partial charge on any atom is -0.454 e. The Hall–Kier alpha value is -1.88. The molecule has 0 aliphatic carbocycles. The minimum atomic E-state index is -0.505. The van der Waals surface area contributed by atoms with Gasteiger partial charge in [0, 0.05) is 6.61 Å². The Morgan fingerprint density at radius 3 is 2.80 bits per heavy atom. The molecule has 1 fully saturated rings. The summed E-state index contributed by atoms with van der Waals surface area (Å²) in [6, 6.07) is 9.49. The largest absolute Gasteiger partial charge is 0.454 e. The van der Waals surface area contributed by atoms with E-state index in [-0.39, 0.29) is 18.6 Å². The topological polar surface area (TPSA) is 64.6 Å². The molecule has 0 unspecified atom stereocenters. The average Bonchev–Trinajstić information content (AvgIpc) is 3.00. The zero-order valence-electron chi connectivity index (χ0n) is 11.5. The standard InChI is InChI=1S/C15H19NO4/c1-11(12-6-3-2-4-7-12)16-14(17)10-20-15(18)13-8-5-9-19-13/h2-4,6-7,11,13H,5,8-10H2,1H3,(H,16,17)/t11-,13-/m0/s1. The molecule has 2 rings (SSSR count). The van der Waals surface area contributed by atoms with Crippen LogP contribution >= 0.6 is 0 Å². The smallest absolute Gasteiger partial charge is 0.335 e. The molecule has 108 valence electrons. The summed E-state index contributed by atoms with van der Waals surface area (Å²) < 4.78 is 10.1. The highest BCUT2D eigenvalue weighted by atomic mass is 16.6. The molecule has 0 aromatic heterocycles. The number of benzene rings is 1. The molecule has 1 aromatic carbocycles. The van der Waals surface area contributed by atoms with Crippen molar-refractivity contribution in [3.8, 4) is 0 Å².